The van der Waals surface area contributed by atoms with E-state index in [-0.39, 0.29) is 11.8 Å². The molecule has 144 valence electrons. The van der Waals surface area contributed by atoms with Crippen molar-refractivity contribution in [2.24, 2.45) is 0 Å². The third kappa shape index (κ3) is 4.51. The first kappa shape index (κ1) is 19.0. The second kappa shape index (κ2) is 8.29. The molecule has 27 heavy (non-hydrogen) atoms. The van der Waals surface area contributed by atoms with Gasteiger partial charge in [0, 0.05) is 37.6 Å². The van der Waals surface area contributed by atoms with Crippen LogP contribution >= 0.6 is 0 Å². The van der Waals surface area contributed by atoms with E-state index in [1.165, 1.54) is 0 Å². The summed E-state index contributed by atoms with van der Waals surface area (Å²) in [6, 6.07) is 9.47. The summed E-state index contributed by atoms with van der Waals surface area (Å²) in [4.78, 5) is 32.4. The molecule has 1 aliphatic rings. The maximum Gasteiger partial charge on any atom is 0.255 e. The standard InChI is InChI=1S/C21H27N3O3/c1-15-13-19(16(2)22-15)21(26)24-10-4-9-23(11-12-24)20(25)14-17-5-7-18(27-3)8-6-17/h5-8,13,22H,4,9-12,14H2,1-3H3. The van der Waals surface area contributed by atoms with E-state index in [0.29, 0.717) is 32.6 Å². The fourth-order valence-corrected chi connectivity index (χ4v) is 3.52. The number of aromatic amines is 1. The summed E-state index contributed by atoms with van der Waals surface area (Å²) >= 11 is 0. The molecule has 6 heteroatoms. The quantitative estimate of drug-likeness (QED) is 0.901. The summed E-state index contributed by atoms with van der Waals surface area (Å²) in [7, 11) is 1.63. The van der Waals surface area contributed by atoms with Gasteiger partial charge in [0.1, 0.15) is 5.75 Å². The van der Waals surface area contributed by atoms with Crippen LogP contribution < -0.4 is 4.74 Å². The van der Waals surface area contributed by atoms with Crippen LogP contribution in [0.1, 0.15) is 33.7 Å². The van der Waals surface area contributed by atoms with E-state index < -0.39 is 0 Å². The minimum atomic E-state index is 0.0429. The molecule has 0 aliphatic carbocycles. The lowest BCUT2D eigenvalue weighted by atomic mass is 10.1. The molecule has 0 saturated carbocycles. The van der Waals surface area contributed by atoms with Crippen LogP contribution in [0, 0.1) is 13.8 Å². The number of nitrogens with one attached hydrogen (secondary N) is 1. The van der Waals surface area contributed by atoms with E-state index in [0.717, 1.165) is 34.7 Å². The zero-order valence-corrected chi connectivity index (χ0v) is 16.2. The van der Waals surface area contributed by atoms with Gasteiger partial charge in [-0.25, -0.2) is 0 Å². The van der Waals surface area contributed by atoms with Gasteiger partial charge in [-0.1, -0.05) is 12.1 Å². The summed E-state index contributed by atoms with van der Waals surface area (Å²) in [5.41, 5.74) is 3.58. The van der Waals surface area contributed by atoms with Crippen molar-refractivity contribution in [3.8, 4) is 5.75 Å². The lowest BCUT2D eigenvalue weighted by molar-refractivity contribution is -0.130. The maximum absolute atomic E-state index is 12.8. The molecule has 2 aromatic rings. The fourth-order valence-electron chi connectivity index (χ4n) is 3.52. The third-order valence-electron chi connectivity index (χ3n) is 5.03. The average molecular weight is 369 g/mol. The number of carbonyl (C=O) groups is 2. The lowest BCUT2D eigenvalue weighted by Crippen LogP contribution is -2.38. The number of aryl methyl sites for hydroxylation is 2. The monoisotopic (exact) mass is 369 g/mol. The predicted molar refractivity (Wildman–Crippen MR) is 104 cm³/mol. The predicted octanol–water partition coefficient (Wildman–Crippen LogP) is 2.56. The number of hydrogen-bond acceptors (Lipinski definition) is 3. The maximum atomic E-state index is 12.8. The first-order chi connectivity index (χ1) is 13.0. The molecule has 0 bridgehead atoms. The molecule has 0 unspecified atom stereocenters. The molecular weight excluding hydrogens is 342 g/mol. The van der Waals surface area contributed by atoms with Crippen molar-refractivity contribution in [2.75, 3.05) is 33.3 Å². The molecule has 6 nitrogen and oxygen atoms in total. The number of rotatable bonds is 4. The molecule has 0 atom stereocenters. The van der Waals surface area contributed by atoms with Crippen molar-refractivity contribution in [3.05, 3.63) is 52.8 Å². The Labute approximate surface area is 160 Å². The number of benzene rings is 1. The molecule has 3 rings (SSSR count). The minimum absolute atomic E-state index is 0.0429. The second-order valence-electron chi connectivity index (χ2n) is 7.04. The van der Waals surface area contributed by atoms with Crippen LogP contribution in [-0.2, 0) is 11.2 Å². The molecule has 1 N–H and O–H groups in total. The van der Waals surface area contributed by atoms with Crippen molar-refractivity contribution >= 4 is 11.8 Å². The number of carbonyl (C=O) groups excluding carboxylic acids is 2. The molecule has 2 heterocycles. The molecular formula is C21H27N3O3. The number of amides is 2. The molecule has 1 fully saturated rings. The van der Waals surface area contributed by atoms with E-state index in [1.807, 2.05) is 54.0 Å². The normalized spacial score (nSPS) is 14.8. The number of hydrogen-bond donors (Lipinski definition) is 1. The second-order valence-corrected chi connectivity index (χ2v) is 7.04. The Kier molecular flexibility index (Phi) is 5.84. The Morgan fingerprint density at radius 1 is 1.04 bits per heavy atom. The smallest absolute Gasteiger partial charge is 0.255 e. The van der Waals surface area contributed by atoms with E-state index in [1.54, 1.807) is 7.11 Å². The Bertz CT molecular complexity index is 811. The summed E-state index contributed by atoms with van der Waals surface area (Å²) < 4.78 is 5.15. The largest absolute Gasteiger partial charge is 0.497 e. The molecule has 0 spiro atoms. The minimum Gasteiger partial charge on any atom is -0.497 e. The van der Waals surface area contributed by atoms with Crippen LogP contribution in [0.25, 0.3) is 0 Å². The first-order valence-electron chi connectivity index (χ1n) is 9.34. The molecule has 1 aliphatic heterocycles. The van der Waals surface area contributed by atoms with E-state index >= 15 is 0 Å². The molecule has 2 amide bonds. The fraction of sp³-hybridized carbons (Fsp3) is 0.429. The molecule has 0 radical (unpaired) electrons. The van der Waals surface area contributed by atoms with Gasteiger partial charge in [-0.2, -0.15) is 0 Å². The lowest BCUT2D eigenvalue weighted by Gasteiger charge is -2.22. The highest BCUT2D eigenvalue weighted by Gasteiger charge is 2.24. The number of methoxy groups -OCH3 is 1. The van der Waals surface area contributed by atoms with Crippen LogP contribution in [0.3, 0.4) is 0 Å². The number of nitrogens with zero attached hydrogens (tertiary/aromatic N) is 2. The van der Waals surface area contributed by atoms with Crippen LogP contribution in [0.4, 0.5) is 0 Å². The Hall–Kier alpha value is -2.76. The molecule has 1 aromatic heterocycles. The summed E-state index contributed by atoms with van der Waals surface area (Å²) in [5.74, 6) is 0.926. The van der Waals surface area contributed by atoms with Gasteiger partial charge < -0.3 is 19.5 Å². The van der Waals surface area contributed by atoms with Gasteiger partial charge in [-0.05, 0) is 44.0 Å². The Morgan fingerprint density at radius 3 is 2.33 bits per heavy atom. The van der Waals surface area contributed by atoms with Crippen LogP contribution in [0.15, 0.2) is 30.3 Å². The van der Waals surface area contributed by atoms with Crippen LogP contribution in [-0.4, -0.2) is 59.9 Å². The van der Waals surface area contributed by atoms with Crippen molar-refractivity contribution in [1.82, 2.24) is 14.8 Å². The van der Waals surface area contributed by atoms with Crippen molar-refractivity contribution in [1.29, 1.82) is 0 Å². The van der Waals surface area contributed by atoms with E-state index in [4.69, 9.17) is 4.74 Å². The Balaban J connectivity index is 1.59. The van der Waals surface area contributed by atoms with Gasteiger partial charge in [0.2, 0.25) is 5.91 Å². The summed E-state index contributed by atoms with van der Waals surface area (Å²) in [5, 5.41) is 0. The molecule has 1 aromatic carbocycles. The summed E-state index contributed by atoms with van der Waals surface area (Å²) in [6.45, 7) is 6.37. The topological polar surface area (TPSA) is 65.6 Å². The zero-order valence-electron chi connectivity index (χ0n) is 16.2. The van der Waals surface area contributed by atoms with Crippen LogP contribution in [0.5, 0.6) is 5.75 Å². The number of H-pyrrole nitrogens is 1. The number of aromatic nitrogens is 1. The molecule has 1 saturated heterocycles. The van der Waals surface area contributed by atoms with Gasteiger partial charge in [-0.3, -0.25) is 9.59 Å². The highest BCUT2D eigenvalue weighted by molar-refractivity contribution is 5.95. The van der Waals surface area contributed by atoms with Gasteiger partial charge in [0.05, 0.1) is 19.1 Å². The van der Waals surface area contributed by atoms with Crippen molar-refractivity contribution < 1.29 is 14.3 Å². The van der Waals surface area contributed by atoms with Gasteiger partial charge in [0.25, 0.3) is 5.91 Å². The van der Waals surface area contributed by atoms with Crippen molar-refractivity contribution in [2.45, 2.75) is 26.7 Å². The zero-order chi connectivity index (χ0) is 19.4. The number of ether oxygens (including phenoxy) is 1. The van der Waals surface area contributed by atoms with Gasteiger partial charge in [0.15, 0.2) is 0 Å². The van der Waals surface area contributed by atoms with Gasteiger partial charge in [-0.15, -0.1) is 0 Å². The first-order valence-corrected chi connectivity index (χ1v) is 9.34. The van der Waals surface area contributed by atoms with E-state index in [2.05, 4.69) is 4.98 Å². The highest BCUT2D eigenvalue weighted by atomic mass is 16.5. The van der Waals surface area contributed by atoms with Crippen LogP contribution in [0.2, 0.25) is 0 Å². The van der Waals surface area contributed by atoms with E-state index in [9.17, 15) is 9.59 Å². The Morgan fingerprint density at radius 2 is 1.70 bits per heavy atom. The third-order valence-corrected chi connectivity index (χ3v) is 5.03. The SMILES string of the molecule is COc1ccc(CC(=O)N2CCCN(C(=O)c3cc(C)[nH]c3C)CC2)cc1. The average Bonchev–Trinajstić information content (AvgIpc) is 2.86. The highest BCUT2D eigenvalue weighted by Crippen LogP contribution is 2.16. The van der Waals surface area contributed by atoms with Crippen molar-refractivity contribution in [3.63, 3.8) is 0 Å². The van der Waals surface area contributed by atoms with Gasteiger partial charge >= 0.3 is 0 Å². The summed E-state index contributed by atoms with van der Waals surface area (Å²) in [6.07, 6.45) is 1.16.